The minimum atomic E-state index is 0.387. The van der Waals surface area contributed by atoms with Gasteiger partial charge >= 0.3 is 0 Å². The van der Waals surface area contributed by atoms with Gasteiger partial charge in [0.1, 0.15) is 0 Å². The quantitative estimate of drug-likeness (QED) is 0.774. The maximum absolute atomic E-state index is 5.15. The van der Waals surface area contributed by atoms with Crippen LogP contribution in [0.3, 0.4) is 0 Å². The molecule has 0 saturated heterocycles. The molecule has 1 heterocycles. The van der Waals surface area contributed by atoms with Gasteiger partial charge in [0, 0.05) is 11.7 Å². The number of aromatic nitrogens is 1. The van der Waals surface area contributed by atoms with Crippen molar-refractivity contribution in [3.05, 3.63) is 17.8 Å². The van der Waals surface area contributed by atoms with Crippen molar-refractivity contribution < 1.29 is 4.74 Å². The van der Waals surface area contributed by atoms with Crippen molar-refractivity contribution in [1.29, 1.82) is 0 Å². The van der Waals surface area contributed by atoms with E-state index in [-0.39, 0.29) is 0 Å². The molecule has 1 rings (SSSR count). The molecular weight excluding hydrogens is 164 g/mol. The summed E-state index contributed by atoms with van der Waals surface area (Å²) in [6.07, 6.45) is 0. The van der Waals surface area contributed by atoms with Gasteiger partial charge in [0.25, 0.3) is 0 Å². The standard InChI is InChI=1S/C10H16N2O/c1-7(2)11-9-6-5-8(3)12-10(9)13-4/h5-7,11H,1-4H3. The van der Waals surface area contributed by atoms with Crippen LogP contribution in [-0.2, 0) is 0 Å². The molecule has 1 aromatic heterocycles. The van der Waals surface area contributed by atoms with Crippen molar-refractivity contribution in [2.24, 2.45) is 0 Å². The zero-order chi connectivity index (χ0) is 9.84. The second kappa shape index (κ2) is 4.12. The molecule has 0 atom stereocenters. The molecule has 3 nitrogen and oxygen atoms in total. The molecule has 0 bridgehead atoms. The summed E-state index contributed by atoms with van der Waals surface area (Å²) in [5.74, 6) is 0.661. The molecule has 0 amide bonds. The smallest absolute Gasteiger partial charge is 0.237 e. The minimum absolute atomic E-state index is 0.387. The first-order chi connectivity index (χ1) is 6.13. The molecule has 0 aromatic carbocycles. The third-order valence-corrected chi connectivity index (χ3v) is 1.64. The number of aryl methyl sites for hydroxylation is 1. The summed E-state index contributed by atoms with van der Waals surface area (Å²) in [5.41, 5.74) is 1.91. The summed E-state index contributed by atoms with van der Waals surface area (Å²) < 4.78 is 5.15. The van der Waals surface area contributed by atoms with Gasteiger partial charge in [0.05, 0.1) is 12.8 Å². The van der Waals surface area contributed by atoms with Crippen molar-refractivity contribution in [2.75, 3.05) is 12.4 Å². The van der Waals surface area contributed by atoms with Crippen molar-refractivity contribution in [3.8, 4) is 5.88 Å². The molecule has 0 aliphatic heterocycles. The highest BCUT2D eigenvalue weighted by atomic mass is 16.5. The Hall–Kier alpha value is -1.25. The number of methoxy groups -OCH3 is 1. The Balaban J connectivity index is 2.92. The largest absolute Gasteiger partial charge is 0.480 e. The molecule has 72 valence electrons. The number of hydrogen-bond donors (Lipinski definition) is 1. The Morgan fingerprint density at radius 2 is 2.08 bits per heavy atom. The molecule has 0 unspecified atom stereocenters. The Labute approximate surface area is 79.1 Å². The third kappa shape index (κ3) is 2.61. The molecule has 0 aliphatic rings. The molecular formula is C10H16N2O. The number of nitrogens with zero attached hydrogens (tertiary/aromatic N) is 1. The van der Waals surface area contributed by atoms with Crippen molar-refractivity contribution >= 4 is 5.69 Å². The van der Waals surface area contributed by atoms with Gasteiger partial charge in [-0.05, 0) is 32.9 Å². The number of anilines is 1. The van der Waals surface area contributed by atoms with Crippen LogP contribution in [0, 0.1) is 6.92 Å². The van der Waals surface area contributed by atoms with Crippen LogP contribution in [-0.4, -0.2) is 18.1 Å². The van der Waals surface area contributed by atoms with Gasteiger partial charge in [-0.15, -0.1) is 0 Å². The normalized spacial score (nSPS) is 10.2. The van der Waals surface area contributed by atoms with Crippen LogP contribution >= 0.6 is 0 Å². The Bertz CT molecular complexity index is 284. The molecule has 0 fully saturated rings. The molecule has 0 saturated carbocycles. The first-order valence-electron chi connectivity index (χ1n) is 4.41. The van der Waals surface area contributed by atoms with Gasteiger partial charge in [0.2, 0.25) is 5.88 Å². The fraction of sp³-hybridized carbons (Fsp3) is 0.500. The number of ether oxygens (including phenoxy) is 1. The van der Waals surface area contributed by atoms with Gasteiger partial charge < -0.3 is 10.1 Å². The molecule has 13 heavy (non-hydrogen) atoms. The van der Waals surface area contributed by atoms with E-state index in [0.29, 0.717) is 11.9 Å². The zero-order valence-corrected chi connectivity index (χ0v) is 8.59. The second-order valence-corrected chi connectivity index (χ2v) is 3.31. The number of nitrogens with one attached hydrogen (secondary N) is 1. The molecule has 3 heteroatoms. The Morgan fingerprint density at radius 1 is 1.38 bits per heavy atom. The van der Waals surface area contributed by atoms with Crippen LogP contribution in [0.4, 0.5) is 5.69 Å². The van der Waals surface area contributed by atoms with Crippen molar-refractivity contribution in [3.63, 3.8) is 0 Å². The average Bonchev–Trinajstić information content (AvgIpc) is 2.07. The van der Waals surface area contributed by atoms with E-state index in [1.54, 1.807) is 7.11 Å². The summed E-state index contributed by atoms with van der Waals surface area (Å²) >= 11 is 0. The first-order valence-corrected chi connectivity index (χ1v) is 4.41. The molecule has 1 aromatic rings. The van der Waals surface area contributed by atoms with E-state index < -0.39 is 0 Å². The van der Waals surface area contributed by atoms with Crippen molar-refractivity contribution in [2.45, 2.75) is 26.8 Å². The van der Waals surface area contributed by atoms with Gasteiger partial charge in [0.15, 0.2) is 0 Å². The number of hydrogen-bond acceptors (Lipinski definition) is 3. The van der Waals surface area contributed by atoms with Crippen molar-refractivity contribution in [1.82, 2.24) is 4.98 Å². The maximum atomic E-state index is 5.15. The highest BCUT2D eigenvalue weighted by molar-refractivity contribution is 5.53. The third-order valence-electron chi connectivity index (χ3n) is 1.64. The predicted octanol–water partition coefficient (Wildman–Crippen LogP) is 2.22. The SMILES string of the molecule is COc1nc(C)ccc1NC(C)C. The number of pyridine rings is 1. The molecule has 0 aliphatic carbocycles. The van der Waals surface area contributed by atoms with Crippen LogP contribution in [0.25, 0.3) is 0 Å². The van der Waals surface area contributed by atoms with E-state index in [1.807, 2.05) is 19.1 Å². The molecule has 1 N–H and O–H groups in total. The van der Waals surface area contributed by atoms with Gasteiger partial charge in [-0.1, -0.05) is 0 Å². The molecule has 0 spiro atoms. The van der Waals surface area contributed by atoms with E-state index in [9.17, 15) is 0 Å². The highest BCUT2D eigenvalue weighted by Gasteiger charge is 2.04. The van der Waals surface area contributed by atoms with E-state index in [4.69, 9.17) is 4.74 Å². The first kappa shape index (κ1) is 9.84. The zero-order valence-electron chi connectivity index (χ0n) is 8.59. The summed E-state index contributed by atoms with van der Waals surface area (Å²) in [4.78, 5) is 4.26. The maximum Gasteiger partial charge on any atom is 0.237 e. The van der Waals surface area contributed by atoms with Crippen LogP contribution in [0.2, 0.25) is 0 Å². The lowest BCUT2D eigenvalue weighted by atomic mass is 10.3. The summed E-state index contributed by atoms with van der Waals surface area (Å²) in [5, 5.41) is 3.26. The fourth-order valence-electron chi connectivity index (χ4n) is 1.11. The average molecular weight is 180 g/mol. The van der Waals surface area contributed by atoms with Crippen LogP contribution in [0.5, 0.6) is 5.88 Å². The predicted molar refractivity (Wildman–Crippen MR) is 54.3 cm³/mol. The van der Waals surface area contributed by atoms with Crippen LogP contribution in [0.1, 0.15) is 19.5 Å². The lowest BCUT2D eigenvalue weighted by Crippen LogP contribution is -2.11. The van der Waals surface area contributed by atoms with Gasteiger partial charge in [-0.25, -0.2) is 4.98 Å². The Morgan fingerprint density at radius 3 is 2.62 bits per heavy atom. The molecule has 0 radical (unpaired) electrons. The lowest BCUT2D eigenvalue weighted by Gasteiger charge is -2.13. The van der Waals surface area contributed by atoms with Crippen LogP contribution in [0.15, 0.2) is 12.1 Å². The van der Waals surface area contributed by atoms with E-state index in [0.717, 1.165) is 11.4 Å². The van der Waals surface area contributed by atoms with Gasteiger partial charge in [-0.3, -0.25) is 0 Å². The summed E-state index contributed by atoms with van der Waals surface area (Å²) in [6, 6.07) is 4.34. The minimum Gasteiger partial charge on any atom is -0.480 e. The number of rotatable bonds is 3. The van der Waals surface area contributed by atoms with E-state index >= 15 is 0 Å². The fourth-order valence-corrected chi connectivity index (χ4v) is 1.11. The topological polar surface area (TPSA) is 34.1 Å². The Kier molecular flexibility index (Phi) is 3.12. The summed E-state index contributed by atoms with van der Waals surface area (Å²) in [7, 11) is 1.63. The van der Waals surface area contributed by atoms with Gasteiger partial charge in [-0.2, -0.15) is 0 Å². The monoisotopic (exact) mass is 180 g/mol. The van der Waals surface area contributed by atoms with E-state index in [1.165, 1.54) is 0 Å². The highest BCUT2D eigenvalue weighted by Crippen LogP contribution is 2.21. The van der Waals surface area contributed by atoms with Crippen LogP contribution < -0.4 is 10.1 Å². The second-order valence-electron chi connectivity index (χ2n) is 3.31. The lowest BCUT2D eigenvalue weighted by molar-refractivity contribution is 0.398. The summed E-state index contributed by atoms with van der Waals surface area (Å²) in [6.45, 7) is 6.11. The van der Waals surface area contributed by atoms with E-state index in [2.05, 4.69) is 24.1 Å².